The number of hydrogen-bond donors (Lipinski definition) is 1. The van der Waals surface area contributed by atoms with Crippen molar-refractivity contribution in [3.05, 3.63) is 60.0 Å². The van der Waals surface area contributed by atoms with Crippen LogP contribution in [0, 0.1) is 17.2 Å². The van der Waals surface area contributed by atoms with Gasteiger partial charge < -0.3 is 5.73 Å². The van der Waals surface area contributed by atoms with Crippen LogP contribution in [0.4, 0.5) is 0 Å². The Kier molecular flexibility index (Phi) is 6.92. The summed E-state index contributed by atoms with van der Waals surface area (Å²) in [4.78, 5) is 4.13. The zero-order valence-electron chi connectivity index (χ0n) is 16.0. The molecular formula is C22H23Cl2N5. The topological polar surface area (TPSA) is 80.5 Å². The SMILES string of the molecule is Cl.N#Cc1cccc(-c2nn(C[C@@H](N)C3CCC3)c(CCl)c2-c2ccncc2)c1. The molecule has 5 nitrogen and oxygen atoms in total. The van der Waals surface area contributed by atoms with Crippen LogP contribution in [0.1, 0.15) is 30.5 Å². The predicted octanol–water partition coefficient (Wildman–Crippen LogP) is 4.77. The maximum atomic E-state index is 9.29. The van der Waals surface area contributed by atoms with Gasteiger partial charge in [0, 0.05) is 29.6 Å². The molecule has 1 fully saturated rings. The molecule has 0 bridgehead atoms. The number of pyridine rings is 1. The number of rotatable bonds is 6. The van der Waals surface area contributed by atoms with Crippen LogP contribution in [0.25, 0.3) is 22.4 Å². The fraction of sp³-hybridized carbons (Fsp3) is 0.318. The first-order chi connectivity index (χ1) is 13.7. The molecule has 3 aromatic rings. The number of aromatic nitrogens is 3. The summed E-state index contributed by atoms with van der Waals surface area (Å²) in [5.74, 6) is 0.891. The molecule has 4 rings (SSSR count). The first-order valence-corrected chi connectivity index (χ1v) is 10.1. The molecule has 1 aromatic carbocycles. The Bertz CT molecular complexity index is 1010. The Morgan fingerprint density at radius 2 is 1.97 bits per heavy atom. The first kappa shape index (κ1) is 21.3. The Labute approximate surface area is 181 Å². The average Bonchev–Trinajstić information content (AvgIpc) is 3.05. The second kappa shape index (κ2) is 9.41. The number of benzene rings is 1. The summed E-state index contributed by atoms with van der Waals surface area (Å²) >= 11 is 6.39. The monoisotopic (exact) mass is 427 g/mol. The summed E-state index contributed by atoms with van der Waals surface area (Å²) in [5, 5.41) is 14.2. The molecule has 1 saturated carbocycles. The minimum absolute atomic E-state index is 0. The van der Waals surface area contributed by atoms with Crippen molar-refractivity contribution in [3.8, 4) is 28.5 Å². The molecule has 1 aliphatic rings. The van der Waals surface area contributed by atoms with Crippen molar-refractivity contribution in [2.75, 3.05) is 0 Å². The van der Waals surface area contributed by atoms with Crippen molar-refractivity contribution in [1.29, 1.82) is 5.26 Å². The largest absolute Gasteiger partial charge is 0.326 e. The average molecular weight is 428 g/mol. The lowest BCUT2D eigenvalue weighted by molar-refractivity contribution is 0.239. The third-order valence-corrected chi connectivity index (χ3v) is 5.81. The van der Waals surface area contributed by atoms with E-state index in [2.05, 4.69) is 11.1 Å². The molecule has 2 heterocycles. The van der Waals surface area contributed by atoms with Gasteiger partial charge in [0.15, 0.2) is 0 Å². The Hall–Kier alpha value is -2.39. The number of alkyl halides is 1. The van der Waals surface area contributed by atoms with E-state index in [1.807, 2.05) is 35.0 Å². The van der Waals surface area contributed by atoms with Crippen molar-refractivity contribution in [2.45, 2.75) is 37.7 Å². The van der Waals surface area contributed by atoms with E-state index in [-0.39, 0.29) is 18.4 Å². The summed E-state index contributed by atoms with van der Waals surface area (Å²) in [6.07, 6.45) is 7.16. The molecule has 0 saturated heterocycles. The van der Waals surface area contributed by atoms with Crippen molar-refractivity contribution in [3.63, 3.8) is 0 Å². The number of hydrogen-bond acceptors (Lipinski definition) is 4. The van der Waals surface area contributed by atoms with Crippen LogP contribution in [-0.2, 0) is 12.4 Å². The highest BCUT2D eigenvalue weighted by atomic mass is 35.5. The molecule has 7 heteroatoms. The van der Waals surface area contributed by atoms with Gasteiger partial charge in [-0.2, -0.15) is 10.4 Å². The van der Waals surface area contributed by atoms with Gasteiger partial charge in [-0.15, -0.1) is 24.0 Å². The van der Waals surface area contributed by atoms with E-state index in [0.29, 0.717) is 23.9 Å². The lowest BCUT2D eigenvalue weighted by atomic mass is 9.80. The minimum Gasteiger partial charge on any atom is -0.326 e. The maximum absolute atomic E-state index is 9.29. The van der Waals surface area contributed by atoms with Gasteiger partial charge in [-0.05, 0) is 48.6 Å². The second-order valence-corrected chi connectivity index (χ2v) is 7.54. The molecular weight excluding hydrogens is 405 g/mol. The summed E-state index contributed by atoms with van der Waals surface area (Å²) < 4.78 is 1.96. The predicted molar refractivity (Wildman–Crippen MR) is 118 cm³/mol. The van der Waals surface area contributed by atoms with Gasteiger partial charge in [0.25, 0.3) is 0 Å². The normalized spacial score (nSPS) is 14.5. The van der Waals surface area contributed by atoms with Crippen molar-refractivity contribution in [1.82, 2.24) is 14.8 Å². The van der Waals surface area contributed by atoms with Gasteiger partial charge in [0.05, 0.1) is 29.8 Å². The summed E-state index contributed by atoms with van der Waals surface area (Å²) in [7, 11) is 0. The van der Waals surface area contributed by atoms with Crippen LogP contribution in [0.5, 0.6) is 0 Å². The number of nitrogens with zero attached hydrogens (tertiary/aromatic N) is 4. The van der Waals surface area contributed by atoms with E-state index in [1.54, 1.807) is 18.5 Å². The molecule has 0 radical (unpaired) electrons. The molecule has 0 amide bonds. The maximum Gasteiger partial charge on any atom is 0.100 e. The minimum atomic E-state index is 0. The highest BCUT2D eigenvalue weighted by Crippen LogP contribution is 2.36. The van der Waals surface area contributed by atoms with Gasteiger partial charge in [-0.3, -0.25) is 9.67 Å². The van der Waals surface area contributed by atoms with Gasteiger partial charge >= 0.3 is 0 Å². The molecule has 150 valence electrons. The van der Waals surface area contributed by atoms with E-state index in [9.17, 15) is 5.26 Å². The van der Waals surface area contributed by atoms with Gasteiger partial charge in [-0.25, -0.2) is 0 Å². The van der Waals surface area contributed by atoms with Crippen LogP contribution < -0.4 is 5.73 Å². The molecule has 1 aliphatic carbocycles. The van der Waals surface area contributed by atoms with E-state index in [4.69, 9.17) is 22.4 Å². The van der Waals surface area contributed by atoms with Crippen LogP contribution in [0.2, 0.25) is 0 Å². The number of nitrogens with two attached hydrogens (primary N) is 1. The molecule has 1 atom stereocenters. The van der Waals surface area contributed by atoms with E-state index in [1.165, 1.54) is 19.3 Å². The molecule has 2 N–H and O–H groups in total. The number of halogens is 2. The van der Waals surface area contributed by atoms with E-state index < -0.39 is 0 Å². The van der Waals surface area contributed by atoms with Crippen LogP contribution in [0.3, 0.4) is 0 Å². The van der Waals surface area contributed by atoms with Crippen molar-refractivity contribution in [2.24, 2.45) is 11.7 Å². The lowest BCUT2D eigenvalue weighted by Gasteiger charge is -2.31. The summed E-state index contributed by atoms with van der Waals surface area (Å²) in [6.45, 7) is 0.642. The highest BCUT2D eigenvalue weighted by molar-refractivity contribution is 6.17. The number of nitriles is 1. The van der Waals surface area contributed by atoms with Crippen molar-refractivity contribution < 1.29 is 0 Å². The zero-order valence-corrected chi connectivity index (χ0v) is 17.5. The fourth-order valence-electron chi connectivity index (χ4n) is 3.76. The lowest BCUT2D eigenvalue weighted by Crippen LogP contribution is -2.38. The zero-order chi connectivity index (χ0) is 19.5. The third-order valence-electron chi connectivity index (χ3n) is 5.56. The molecule has 0 unspecified atom stereocenters. The third kappa shape index (κ3) is 4.30. The Balaban J connectivity index is 0.00000240. The summed E-state index contributed by atoms with van der Waals surface area (Å²) in [5.41, 5.74) is 11.7. The van der Waals surface area contributed by atoms with Crippen LogP contribution in [-0.4, -0.2) is 20.8 Å². The molecule has 0 aliphatic heterocycles. The Morgan fingerprint density at radius 3 is 2.59 bits per heavy atom. The quantitative estimate of drug-likeness (QED) is 0.574. The first-order valence-electron chi connectivity index (χ1n) is 9.53. The molecule has 2 aromatic heterocycles. The van der Waals surface area contributed by atoms with Crippen LogP contribution in [0.15, 0.2) is 48.8 Å². The highest BCUT2D eigenvalue weighted by Gasteiger charge is 2.27. The smallest absolute Gasteiger partial charge is 0.100 e. The summed E-state index contributed by atoms with van der Waals surface area (Å²) in [6, 6.07) is 13.7. The standard InChI is InChI=1S/C22H22ClN5.ClH/c23-12-20-21(17-7-9-26-10-8-17)22(18-6-1-3-15(11-18)13-24)27-28(20)14-19(25)16-4-2-5-16;/h1,3,6-11,16,19H,2,4-5,12,14,25H2;1H/t19-;/m1./s1. The molecule has 29 heavy (non-hydrogen) atoms. The second-order valence-electron chi connectivity index (χ2n) is 7.27. The van der Waals surface area contributed by atoms with Gasteiger partial charge in [-0.1, -0.05) is 18.6 Å². The van der Waals surface area contributed by atoms with E-state index >= 15 is 0 Å². The van der Waals surface area contributed by atoms with Crippen molar-refractivity contribution >= 4 is 24.0 Å². The van der Waals surface area contributed by atoms with Gasteiger partial charge in [0.1, 0.15) is 5.69 Å². The Morgan fingerprint density at radius 1 is 1.21 bits per heavy atom. The van der Waals surface area contributed by atoms with E-state index in [0.717, 1.165) is 28.1 Å². The molecule has 0 spiro atoms. The van der Waals surface area contributed by atoms with Gasteiger partial charge in [0.2, 0.25) is 0 Å². The fourth-order valence-corrected chi connectivity index (χ4v) is 4.03. The van der Waals surface area contributed by atoms with Crippen LogP contribution >= 0.6 is 24.0 Å².